The van der Waals surface area contributed by atoms with Crippen LogP contribution in [0.1, 0.15) is 13.3 Å². The molecule has 1 N–H and O–H groups in total. The number of nitrogens with one attached hydrogen (secondary N) is 1. The molecule has 0 aromatic heterocycles. The van der Waals surface area contributed by atoms with Crippen LogP contribution in [0.2, 0.25) is 0 Å². The number of rotatable bonds is 5. The smallest absolute Gasteiger partial charge is 0.178 e. The van der Waals surface area contributed by atoms with E-state index in [9.17, 15) is 8.42 Å². The summed E-state index contributed by atoms with van der Waals surface area (Å²) >= 11 is 0. The Hall–Kier alpha value is -1.07. The lowest BCUT2D eigenvalue weighted by molar-refractivity contribution is 0.399. The molecule has 19 heavy (non-hydrogen) atoms. The topological polar surface area (TPSA) is 49.4 Å². The van der Waals surface area contributed by atoms with Gasteiger partial charge in [0.2, 0.25) is 0 Å². The maximum atomic E-state index is 11.7. The van der Waals surface area contributed by atoms with E-state index >= 15 is 0 Å². The molecule has 0 spiro atoms. The summed E-state index contributed by atoms with van der Waals surface area (Å²) in [6.07, 6.45) is 1.23. The molecule has 1 aromatic rings. The summed E-state index contributed by atoms with van der Waals surface area (Å²) in [7, 11) is -0.944. The van der Waals surface area contributed by atoms with Crippen molar-refractivity contribution < 1.29 is 8.42 Å². The molecule has 0 radical (unpaired) electrons. The summed E-state index contributed by atoms with van der Waals surface area (Å²) in [6, 6.07) is 7.06. The second-order valence-electron chi connectivity index (χ2n) is 5.23. The number of benzene rings is 1. The number of nitrogens with zero attached hydrogens (tertiary/aromatic N) is 1. The maximum absolute atomic E-state index is 11.7. The van der Waals surface area contributed by atoms with Crippen molar-refractivity contribution in [3.8, 4) is 0 Å². The minimum absolute atomic E-state index is 0.147. The van der Waals surface area contributed by atoms with Crippen LogP contribution in [0.25, 0.3) is 0 Å². The molecule has 1 unspecified atom stereocenters. The van der Waals surface area contributed by atoms with Gasteiger partial charge in [-0.05, 0) is 50.2 Å². The van der Waals surface area contributed by atoms with E-state index in [1.165, 1.54) is 13.0 Å². The molecule has 1 aliphatic rings. The van der Waals surface area contributed by atoms with Crippen molar-refractivity contribution in [3.63, 3.8) is 0 Å². The van der Waals surface area contributed by atoms with Gasteiger partial charge in [-0.3, -0.25) is 0 Å². The second kappa shape index (κ2) is 5.92. The maximum Gasteiger partial charge on any atom is 0.178 e. The van der Waals surface area contributed by atoms with Crippen molar-refractivity contribution in [2.75, 3.05) is 37.8 Å². The predicted octanol–water partition coefficient (Wildman–Crippen LogP) is 1.84. The quantitative estimate of drug-likeness (QED) is 0.895. The molecule has 1 heterocycles. The fourth-order valence-electron chi connectivity index (χ4n) is 2.40. The fourth-order valence-corrected chi connectivity index (χ4v) is 3.29. The molecular formula is C14H22N2O2S. The molecule has 0 aliphatic carbocycles. The Bertz CT molecular complexity index is 511. The van der Waals surface area contributed by atoms with E-state index in [1.807, 2.05) is 12.1 Å². The molecule has 1 aliphatic heterocycles. The van der Waals surface area contributed by atoms with Gasteiger partial charge in [0.25, 0.3) is 0 Å². The van der Waals surface area contributed by atoms with Gasteiger partial charge < -0.3 is 10.2 Å². The Morgan fingerprint density at radius 2 is 2.00 bits per heavy atom. The van der Waals surface area contributed by atoms with Gasteiger partial charge in [-0.2, -0.15) is 0 Å². The normalized spacial score (nSPS) is 20.6. The van der Waals surface area contributed by atoms with Crippen LogP contribution in [0.15, 0.2) is 29.2 Å². The summed E-state index contributed by atoms with van der Waals surface area (Å²) < 4.78 is 23.4. The van der Waals surface area contributed by atoms with Gasteiger partial charge >= 0.3 is 0 Å². The van der Waals surface area contributed by atoms with E-state index in [1.54, 1.807) is 19.1 Å². The third-order valence-electron chi connectivity index (χ3n) is 3.68. The van der Waals surface area contributed by atoms with Gasteiger partial charge in [-0.15, -0.1) is 0 Å². The first-order valence-electron chi connectivity index (χ1n) is 6.76. The van der Waals surface area contributed by atoms with Gasteiger partial charge in [0, 0.05) is 18.8 Å². The van der Waals surface area contributed by atoms with Crippen LogP contribution in [0, 0.1) is 5.92 Å². The molecular weight excluding hydrogens is 260 g/mol. The Balaban J connectivity index is 1.92. The first-order chi connectivity index (χ1) is 9.01. The number of sulfone groups is 1. The molecule has 0 amide bonds. The Kier molecular flexibility index (Phi) is 4.47. The monoisotopic (exact) mass is 282 g/mol. The minimum Gasteiger partial charge on any atom is -0.385 e. The van der Waals surface area contributed by atoms with Crippen LogP contribution in [-0.4, -0.2) is 45.8 Å². The van der Waals surface area contributed by atoms with Crippen molar-refractivity contribution in [3.05, 3.63) is 24.3 Å². The van der Waals surface area contributed by atoms with Gasteiger partial charge in [-0.25, -0.2) is 8.42 Å². The minimum atomic E-state index is -3.09. The molecule has 1 saturated heterocycles. The molecule has 0 saturated carbocycles. The average Bonchev–Trinajstić information content (AvgIpc) is 2.83. The van der Waals surface area contributed by atoms with E-state index in [0.717, 1.165) is 18.8 Å². The molecule has 0 bridgehead atoms. The number of hydrogen-bond donors (Lipinski definition) is 1. The highest BCUT2D eigenvalue weighted by atomic mass is 32.2. The molecule has 2 rings (SSSR count). The number of hydrogen-bond acceptors (Lipinski definition) is 4. The standard InChI is InChI=1S/C14H22N2O2S/c1-3-19(17,18)14-6-4-13(5-7-14)15-10-12-8-9-16(2)11-12/h4-7,12,15H,3,8-11H2,1-2H3. The molecule has 106 valence electrons. The molecule has 5 heteroatoms. The van der Waals surface area contributed by atoms with Crippen LogP contribution in [0.3, 0.4) is 0 Å². The van der Waals surface area contributed by atoms with Gasteiger partial charge in [0.05, 0.1) is 10.6 Å². The van der Waals surface area contributed by atoms with E-state index < -0.39 is 9.84 Å². The van der Waals surface area contributed by atoms with Crippen molar-refractivity contribution >= 4 is 15.5 Å². The fraction of sp³-hybridized carbons (Fsp3) is 0.571. The van der Waals surface area contributed by atoms with Crippen LogP contribution >= 0.6 is 0 Å². The molecule has 1 aromatic carbocycles. The largest absolute Gasteiger partial charge is 0.385 e. The van der Waals surface area contributed by atoms with E-state index in [2.05, 4.69) is 17.3 Å². The summed E-state index contributed by atoms with van der Waals surface area (Å²) in [6.45, 7) is 4.91. The summed E-state index contributed by atoms with van der Waals surface area (Å²) in [4.78, 5) is 2.74. The summed E-state index contributed by atoms with van der Waals surface area (Å²) in [5.41, 5.74) is 0.990. The highest BCUT2D eigenvalue weighted by Gasteiger charge is 2.18. The molecule has 1 fully saturated rings. The first-order valence-corrected chi connectivity index (χ1v) is 8.41. The summed E-state index contributed by atoms with van der Waals surface area (Å²) in [5.74, 6) is 0.831. The van der Waals surface area contributed by atoms with Gasteiger partial charge in [0.15, 0.2) is 9.84 Å². The molecule has 1 atom stereocenters. The van der Waals surface area contributed by atoms with E-state index in [4.69, 9.17) is 0 Å². The van der Waals surface area contributed by atoms with Crippen molar-refractivity contribution in [1.29, 1.82) is 0 Å². The Morgan fingerprint density at radius 3 is 2.53 bits per heavy atom. The highest BCUT2D eigenvalue weighted by molar-refractivity contribution is 7.91. The third-order valence-corrected chi connectivity index (χ3v) is 5.43. The van der Waals surface area contributed by atoms with Crippen LogP contribution in [-0.2, 0) is 9.84 Å². The van der Waals surface area contributed by atoms with Gasteiger partial charge in [-0.1, -0.05) is 6.92 Å². The van der Waals surface area contributed by atoms with E-state index in [-0.39, 0.29) is 5.75 Å². The Labute approximate surface area is 115 Å². The van der Waals surface area contributed by atoms with Crippen molar-refractivity contribution in [1.82, 2.24) is 4.90 Å². The summed E-state index contributed by atoms with van der Waals surface area (Å²) in [5, 5.41) is 3.38. The Morgan fingerprint density at radius 1 is 1.32 bits per heavy atom. The average molecular weight is 282 g/mol. The van der Waals surface area contributed by atoms with Crippen LogP contribution in [0.5, 0.6) is 0 Å². The zero-order valence-corrected chi connectivity index (χ0v) is 12.4. The first kappa shape index (κ1) is 14.3. The predicted molar refractivity (Wildman–Crippen MR) is 78.3 cm³/mol. The lowest BCUT2D eigenvalue weighted by Crippen LogP contribution is -2.19. The SMILES string of the molecule is CCS(=O)(=O)c1ccc(NCC2CCN(C)C2)cc1. The van der Waals surface area contributed by atoms with Crippen molar-refractivity contribution in [2.24, 2.45) is 5.92 Å². The third kappa shape index (κ3) is 3.70. The molecule has 4 nitrogen and oxygen atoms in total. The van der Waals surface area contributed by atoms with Crippen LogP contribution < -0.4 is 5.32 Å². The van der Waals surface area contributed by atoms with Crippen LogP contribution in [0.4, 0.5) is 5.69 Å². The lowest BCUT2D eigenvalue weighted by atomic mass is 10.1. The highest BCUT2D eigenvalue weighted by Crippen LogP contribution is 2.18. The van der Waals surface area contributed by atoms with E-state index in [0.29, 0.717) is 10.8 Å². The number of likely N-dealkylation sites (tertiary alicyclic amines) is 1. The second-order valence-corrected chi connectivity index (χ2v) is 7.50. The number of anilines is 1. The lowest BCUT2D eigenvalue weighted by Gasteiger charge is -2.13. The zero-order chi connectivity index (χ0) is 13.9. The zero-order valence-electron chi connectivity index (χ0n) is 11.6. The van der Waals surface area contributed by atoms with Crippen molar-refractivity contribution in [2.45, 2.75) is 18.2 Å². The van der Waals surface area contributed by atoms with Gasteiger partial charge in [0.1, 0.15) is 0 Å².